The molecule has 1 atom stereocenters. The zero-order chi connectivity index (χ0) is 17.8. The first-order valence-corrected chi connectivity index (χ1v) is 9.75. The van der Waals surface area contributed by atoms with Gasteiger partial charge in [-0.2, -0.15) is 4.98 Å². The molecule has 0 spiro atoms. The molecule has 1 aliphatic heterocycles. The number of rotatable bonds is 5. The Morgan fingerprint density at radius 1 is 1.00 bits per heavy atom. The third-order valence-electron chi connectivity index (χ3n) is 5.47. The highest BCUT2D eigenvalue weighted by Gasteiger charge is 2.25. The Morgan fingerprint density at radius 2 is 1.69 bits per heavy atom. The van der Waals surface area contributed by atoms with Gasteiger partial charge in [-0.15, -0.1) is 0 Å². The van der Waals surface area contributed by atoms with Crippen molar-refractivity contribution in [1.82, 2.24) is 19.9 Å². The van der Waals surface area contributed by atoms with Crippen LogP contribution < -0.4 is 0 Å². The minimum absolute atomic E-state index is 0.359. The van der Waals surface area contributed by atoms with Crippen LogP contribution in [-0.2, 0) is 13.1 Å². The van der Waals surface area contributed by atoms with Gasteiger partial charge in [-0.05, 0) is 18.4 Å². The molecule has 1 saturated carbocycles. The third-order valence-corrected chi connectivity index (χ3v) is 5.47. The van der Waals surface area contributed by atoms with Gasteiger partial charge >= 0.3 is 0 Å². The summed E-state index contributed by atoms with van der Waals surface area (Å²) in [6.07, 6.45) is 4.50. The number of hydrogen-bond acceptors (Lipinski definition) is 6. The van der Waals surface area contributed by atoms with Gasteiger partial charge in [0, 0.05) is 38.6 Å². The van der Waals surface area contributed by atoms with Crippen molar-refractivity contribution in [2.24, 2.45) is 0 Å². The van der Waals surface area contributed by atoms with E-state index in [1.165, 1.54) is 31.2 Å². The lowest BCUT2D eigenvalue weighted by Gasteiger charge is -2.21. The van der Waals surface area contributed by atoms with Gasteiger partial charge in [-0.3, -0.25) is 9.80 Å². The third kappa shape index (κ3) is 4.50. The number of aromatic nitrogens is 2. The van der Waals surface area contributed by atoms with Crippen molar-refractivity contribution in [2.45, 2.75) is 50.8 Å². The molecule has 6 heteroatoms. The minimum atomic E-state index is -0.359. The van der Waals surface area contributed by atoms with Crippen LogP contribution in [0.25, 0.3) is 0 Å². The van der Waals surface area contributed by atoms with E-state index >= 15 is 0 Å². The van der Waals surface area contributed by atoms with Crippen LogP contribution in [0.5, 0.6) is 0 Å². The van der Waals surface area contributed by atoms with E-state index in [1.54, 1.807) is 0 Å². The second-order valence-corrected chi connectivity index (χ2v) is 7.64. The summed E-state index contributed by atoms with van der Waals surface area (Å²) in [5.74, 6) is 2.00. The lowest BCUT2D eigenvalue weighted by molar-refractivity contribution is 0.105. The fourth-order valence-corrected chi connectivity index (χ4v) is 4.12. The SMILES string of the molecule is O[C@@H]1CN(Cc2ccccc2)CCN(Cc2noc(C3CCCC3)n2)C1. The molecule has 1 aromatic carbocycles. The van der Waals surface area contributed by atoms with E-state index in [-0.39, 0.29) is 6.10 Å². The van der Waals surface area contributed by atoms with Crippen molar-refractivity contribution in [1.29, 1.82) is 0 Å². The Bertz CT molecular complexity index is 684. The fraction of sp³-hybridized carbons (Fsp3) is 0.600. The first-order valence-electron chi connectivity index (χ1n) is 9.75. The first-order chi connectivity index (χ1) is 12.8. The summed E-state index contributed by atoms with van der Waals surface area (Å²) in [6.45, 7) is 4.70. The quantitative estimate of drug-likeness (QED) is 0.887. The number of nitrogens with zero attached hydrogens (tertiary/aromatic N) is 4. The van der Waals surface area contributed by atoms with Gasteiger partial charge in [0.15, 0.2) is 5.82 Å². The Morgan fingerprint density at radius 3 is 2.42 bits per heavy atom. The van der Waals surface area contributed by atoms with E-state index in [0.29, 0.717) is 25.6 Å². The van der Waals surface area contributed by atoms with Gasteiger partial charge in [-0.25, -0.2) is 0 Å². The number of aliphatic hydroxyl groups excluding tert-OH is 1. The maximum absolute atomic E-state index is 10.4. The summed E-state index contributed by atoms with van der Waals surface area (Å²) in [5, 5.41) is 14.6. The lowest BCUT2D eigenvalue weighted by atomic mass is 10.1. The molecule has 2 heterocycles. The molecule has 1 N–H and O–H groups in total. The van der Waals surface area contributed by atoms with Crippen LogP contribution in [-0.4, -0.2) is 57.3 Å². The Labute approximate surface area is 154 Å². The molecule has 6 nitrogen and oxygen atoms in total. The predicted molar refractivity (Wildman–Crippen MR) is 98.5 cm³/mol. The standard InChI is InChI=1S/C20H28N4O2/c25-18-13-23(12-16-6-2-1-3-7-16)10-11-24(14-18)15-19-21-20(26-22-19)17-8-4-5-9-17/h1-3,6-7,17-18,25H,4-5,8-15H2/t18-/m1/s1. The molecule has 2 aliphatic rings. The average molecular weight is 356 g/mol. The van der Waals surface area contributed by atoms with E-state index in [4.69, 9.17) is 4.52 Å². The van der Waals surface area contributed by atoms with Crippen LogP contribution in [0.2, 0.25) is 0 Å². The van der Waals surface area contributed by atoms with Gasteiger partial charge in [0.2, 0.25) is 5.89 Å². The number of aliphatic hydroxyl groups is 1. The van der Waals surface area contributed by atoms with Crippen molar-refractivity contribution in [3.05, 3.63) is 47.6 Å². The first kappa shape index (κ1) is 17.6. The van der Waals surface area contributed by atoms with Crippen molar-refractivity contribution >= 4 is 0 Å². The molecular weight excluding hydrogens is 328 g/mol. The highest BCUT2D eigenvalue weighted by atomic mass is 16.5. The number of benzene rings is 1. The monoisotopic (exact) mass is 356 g/mol. The second kappa shape index (κ2) is 8.29. The molecule has 0 unspecified atom stereocenters. The lowest BCUT2D eigenvalue weighted by Crippen LogP contribution is -2.33. The minimum Gasteiger partial charge on any atom is -0.390 e. The zero-order valence-corrected chi connectivity index (χ0v) is 15.3. The van der Waals surface area contributed by atoms with Crippen molar-refractivity contribution in [3.8, 4) is 0 Å². The van der Waals surface area contributed by atoms with Gasteiger partial charge in [-0.1, -0.05) is 48.3 Å². The Balaban J connectivity index is 1.33. The highest BCUT2D eigenvalue weighted by Crippen LogP contribution is 2.32. The molecule has 26 heavy (non-hydrogen) atoms. The molecule has 0 amide bonds. The van der Waals surface area contributed by atoms with Gasteiger partial charge in [0.1, 0.15) is 0 Å². The van der Waals surface area contributed by atoms with Crippen LogP contribution in [0, 0.1) is 0 Å². The maximum Gasteiger partial charge on any atom is 0.229 e. The Kier molecular flexibility index (Phi) is 5.62. The molecular formula is C20H28N4O2. The highest BCUT2D eigenvalue weighted by molar-refractivity contribution is 5.14. The van der Waals surface area contributed by atoms with Crippen LogP contribution in [0.3, 0.4) is 0 Å². The van der Waals surface area contributed by atoms with E-state index in [0.717, 1.165) is 31.3 Å². The molecule has 1 aromatic heterocycles. The Hall–Kier alpha value is -1.76. The van der Waals surface area contributed by atoms with Crippen molar-refractivity contribution < 1.29 is 9.63 Å². The van der Waals surface area contributed by atoms with Crippen LogP contribution >= 0.6 is 0 Å². The van der Waals surface area contributed by atoms with Gasteiger partial charge in [0.25, 0.3) is 0 Å². The molecule has 1 saturated heterocycles. The molecule has 0 radical (unpaired) electrons. The zero-order valence-electron chi connectivity index (χ0n) is 15.3. The summed E-state index contributed by atoms with van der Waals surface area (Å²) >= 11 is 0. The number of β-amino-alcohol motifs (C(OH)–C–C–N with tert-alkyl or cyclic N) is 1. The van der Waals surface area contributed by atoms with Gasteiger partial charge in [0.05, 0.1) is 12.6 Å². The van der Waals surface area contributed by atoms with Crippen molar-refractivity contribution in [3.63, 3.8) is 0 Å². The summed E-state index contributed by atoms with van der Waals surface area (Å²) in [7, 11) is 0. The summed E-state index contributed by atoms with van der Waals surface area (Å²) in [5.41, 5.74) is 1.28. The summed E-state index contributed by atoms with van der Waals surface area (Å²) in [4.78, 5) is 9.17. The average Bonchev–Trinajstić information content (AvgIpc) is 3.28. The molecule has 4 rings (SSSR count). The predicted octanol–water partition coefficient (Wildman–Crippen LogP) is 2.41. The fourth-order valence-electron chi connectivity index (χ4n) is 4.12. The molecule has 140 valence electrons. The smallest absolute Gasteiger partial charge is 0.229 e. The van der Waals surface area contributed by atoms with Crippen LogP contribution in [0.15, 0.2) is 34.9 Å². The molecule has 2 aromatic rings. The van der Waals surface area contributed by atoms with E-state index in [1.807, 2.05) is 6.07 Å². The van der Waals surface area contributed by atoms with Crippen LogP contribution in [0.4, 0.5) is 0 Å². The van der Waals surface area contributed by atoms with Crippen molar-refractivity contribution in [2.75, 3.05) is 26.2 Å². The molecule has 1 aliphatic carbocycles. The second-order valence-electron chi connectivity index (χ2n) is 7.64. The van der Waals surface area contributed by atoms with E-state index < -0.39 is 0 Å². The largest absolute Gasteiger partial charge is 0.390 e. The van der Waals surface area contributed by atoms with Crippen LogP contribution in [0.1, 0.15) is 48.9 Å². The van der Waals surface area contributed by atoms with Gasteiger partial charge < -0.3 is 9.63 Å². The number of hydrogen-bond donors (Lipinski definition) is 1. The summed E-state index contributed by atoms with van der Waals surface area (Å²) in [6, 6.07) is 10.4. The summed E-state index contributed by atoms with van der Waals surface area (Å²) < 4.78 is 5.49. The molecule has 0 bridgehead atoms. The van der Waals surface area contributed by atoms with E-state index in [9.17, 15) is 5.11 Å². The maximum atomic E-state index is 10.4. The van der Waals surface area contributed by atoms with E-state index in [2.05, 4.69) is 44.2 Å². The topological polar surface area (TPSA) is 65.6 Å². The molecule has 2 fully saturated rings. The normalized spacial score (nSPS) is 23.3.